The van der Waals surface area contributed by atoms with Crippen molar-refractivity contribution in [2.45, 2.75) is 6.42 Å². The van der Waals surface area contributed by atoms with E-state index in [0.717, 1.165) is 9.99 Å². The number of aromatic nitrogens is 1. The average Bonchev–Trinajstić information content (AvgIpc) is 2.74. The smallest absolute Gasteiger partial charge is 0.231 e. The maximum Gasteiger partial charge on any atom is 0.231 e. The third-order valence-electron chi connectivity index (χ3n) is 2.28. The van der Waals surface area contributed by atoms with Crippen LogP contribution in [0.1, 0.15) is 6.42 Å². The van der Waals surface area contributed by atoms with E-state index in [1.54, 1.807) is 12.3 Å². The van der Waals surface area contributed by atoms with E-state index < -0.39 is 0 Å². The van der Waals surface area contributed by atoms with E-state index in [2.05, 4.69) is 32.9 Å². The molecule has 5 heteroatoms. The van der Waals surface area contributed by atoms with E-state index in [0.29, 0.717) is 19.0 Å². The molecular weight excluding hydrogens is 307 g/mol. The molecule has 1 atom stereocenters. The van der Waals surface area contributed by atoms with Crippen molar-refractivity contribution >= 4 is 34.3 Å². The molecule has 1 aromatic rings. The first-order valence-corrected chi connectivity index (χ1v) is 5.84. The summed E-state index contributed by atoms with van der Waals surface area (Å²) in [6.45, 7) is 1.20. The Morgan fingerprint density at radius 2 is 2.47 bits per heavy atom. The first-order chi connectivity index (χ1) is 7.25. The number of carbonyl (C=O) groups is 1. The molecule has 15 heavy (non-hydrogen) atoms. The highest BCUT2D eigenvalue weighted by Gasteiger charge is 2.23. The second kappa shape index (κ2) is 4.89. The highest BCUT2D eigenvalue weighted by Crippen LogP contribution is 2.15. The lowest BCUT2D eigenvalue weighted by atomic mass is 10.1. The molecule has 1 aromatic heterocycles. The van der Waals surface area contributed by atoms with Gasteiger partial charge in [0.15, 0.2) is 0 Å². The Kier molecular flexibility index (Phi) is 3.53. The summed E-state index contributed by atoms with van der Waals surface area (Å²) >= 11 is 2.17. The van der Waals surface area contributed by atoms with Crippen molar-refractivity contribution in [1.82, 2.24) is 4.98 Å². The van der Waals surface area contributed by atoms with Gasteiger partial charge < -0.3 is 10.1 Å². The quantitative estimate of drug-likeness (QED) is 0.844. The highest BCUT2D eigenvalue weighted by atomic mass is 127. The van der Waals surface area contributed by atoms with Gasteiger partial charge in [-0.3, -0.25) is 4.79 Å². The lowest BCUT2D eigenvalue weighted by Gasteiger charge is -2.08. The zero-order chi connectivity index (χ0) is 10.7. The van der Waals surface area contributed by atoms with E-state index in [1.807, 2.05) is 6.07 Å². The lowest BCUT2D eigenvalue weighted by Crippen LogP contribution is -2.23. The van der Waals surface area contributed by atoms with Gasteiger partial charge in [0.05, 0.1) is 12.5 Å². The summed E-state index contributed by atoms with van der Waals surface area (Å²) in [4.78, 5) is 15.8. The molecule has 0 aromatic carbocycles. The number of halogens is 1. The molecule has 1 fully saturated rings. The summed E-state index contributed by atoms with van der Waals surface area (Å²) in [6.07, 6.45) is 2.53. The summed E-state index contributed by atoms with van der Waals surface area (Å²) in [5.74, 6) is 0.583. The van der Waals surface area contributed by atoms with E-state index in [4.69, 9.17) is 4.74 Å². The van der Waals surface area contributed by atoms with Crippen molar-refractivity contribution in [1.29, 1.82) is 0 Å². The Labute approximate surface area is 102 Å². The molecule has 2 rings (SSSR count). The van der Waals surface area contributed by atoms with Crippen LogP contribution in [0.4, 0.5) is 5.82 Å². The molecule has 4 nitrogen and oxygen atoms in total. The molecule has 0 radical (unpaired) electrons. The van der Waals surface area contributed by atoms with Gasteiger partial charge in [0.1, 0.15) is 5.82 Å². The van der Waals surface area contributed by atoms with Gasteiger partial charge >= 0.3 is 0 Å². The van der Waals surface area contributed by atoms with Crippen molar-refractivity contribution in [3.63, 3.8) is 0 Å². The Morgan fingerprint density at radius 3 is 3.07 bits per heavy atom. The van der Waals surface area contributed by atoms with Crippen molar-refractivity contribution in [3.8, 4) is 0 Å². The first-order valence-electron chi connectivity index (χ1n) is 4.76. The molecule has 80 valence electrons. The lowest BCUT2D eigenvalue weighted by molar-refractivity contribution is -0.119. The number of rotatable bonds is 2. The predicted octanol–water partition coefficient (Wildman–Crippen LogP) is 1.66. The minimum atomic E-state index is -0.0221. The van der Waals surface area contributed by atoms with Gasteiger partial charge in [0, 0.05) is 16.4 Å². The van der Waals surface area contributed by atoms with Crippen LogP contribution < -0.4 is 5.32 Å². The third kappa shape index (κ3) is 2.88. The van der Waals surface area contributed by atoms with Crippen molar-refractivity contribution in [2.75, 3.05) is 18.5 Å². The summed E-state index contributed by atoms with van der Waals surface area (Å²) in [7, 11) is 0. The van der Waals surface area contributed by atoms with Gasteiger partial charge in [-0.25, -0.2) is 4.98 Å². The molecule has 0 spiro atoms. The fourth-order valence-electron chi connectivity index (χ4n) is 1.42. The van der Waals surface area contributed by atoms with Crippen LogP contribution in [-0.4, -0.2) is 24.1 Å². The van der Waals surface area contributed by atoms with Gasteiger partial charge in [0.25, 0.3) is 0 Å². The molecule has 1 amide bonds. The maximum absolute atomic E-state index is 11.7. The largest absolute Gasteiger partial charge is 0.381 e. The van der Waals surface area contributed by atoms with Crippen LogP contribution in [0.25, 0.3) is 0 Å². The zero-order valence-electron chi connectivity index (χ0n) is 8.07. The van der Waals surface area contributed by atoms with Gasteiger partial charge in [-0.05, 0) is 41.1 Å². The molecule has 2 heterocycles. The Balaban J connectivity index is 1.96. The summed E-state index contributed by atoms with van der Waals surface area (Å²) in [5.41, 5.74) is 0. The second-order valence-corrected chi connectivity index (χ2v) is 4.66. The molecule has 0 aliphatic carbocycles. The van der Waals surface area contributed by atoms with Gasteiger partial charge in [0.2, 0.25) is 5.91 Å². The number of hydrogen-bond donors (Lipinski definition) is 1. The number of nitrogens with zero attached hydrogens (tertiary/aromatic N) is 1. The summed E-state index contributed by atoms with van der Waals surface area (Å²) in [6, 6.07) is 3.71. The molecule has 1 aliphatic rings. The van der Waals surface area contributed by atoms with Crippen molar-refractivity contribution < 1.29 is 9.53 Å². The Hall–Kier alpha value is -0.690. The minimum absolute atomic E-state index is 0.00112. The summed E-state index contributed by atoms with van der Waals surface area (Å²) in [5, 5.41) is 2.78. The van der Waals surface area contributed by atoms with Gasteiger partial charge in [-0.1, -0.05) is 0 Å². The SMILES string of the molecule is O=C(Nc1ccc(I)cn1)C1CCOC1. The highest BCUT2D eigenvalue weighted by molar-refractivity contribution is 14.1. The number of carbonyl (C=O) groups excluding carboxylic acids is 1. The molecule has 0 bridgehead atoms. The Bertz CT molecular complexity index is 347. The van der Waals surface area contributed by atoms with Crippen molar-refractivity contribution in [3.05, 3.63) is 21.9 Å². The van der Waals surface area contributed by atoms with E-state index in [1.165, 1.54) is 0 Å². The van der Waals surface area contributed by atoms with Crippen LogP contribution in [0.15, 0.2) is 18.3 Å². The van der Waals surface area contributed by atoms with E-state index in [-0.39, 0.29) is 11.8 Å². The topological polar surface area (TPSA) is 51.2 Å². The maximum atomic E-state index is 11.7. The number of amides is 1. The van der Waals surface area contributed by atoms with Crippen LogP contribution in [0.3, 0.4) is 0 Å². The van der Waals surface area contributed by atoms with Gasteiger partial charge in [-0.15, -0.1) is 0 Å². The molecule has 1 N–H and O–H groups in total. The molecule has 0 saturated carbocycles. The van der Waals surface area contributed by atoms with Crippen LogP contribution in [0, 0.1) is 9.49 Å². The van der Waals surface area contributed by atoms with Crippen LogP contribution in [0.2, 0.25) is 0 Å². The van der Waals surface area contributed by atoms with Crippen LogP contribution >= 0.6 is 22.6 Å². The molecule has 1 unspecified atom stereocenters. The summed E-state index contributed by atoms with van der Waals surface area (Å²) < 4.78 is 6.20. The number of ether oxygens (including phenoxy) is 1. The van der Waals surface area contributed by atoms with Crippen LogP contribution in [0.5, 0.6) is 0 Å². The fourth-order valence-corrected chi connectivity index (χ4v) is 1.74. The number of anilines is 1. The number of nitrogens with one attached hydrogen (secondary N) is 1. The molecule has 1 aliphatic heterocycles. The van der Waals surface area contributed by atoms with Gasteiger partial charge in [-0.2, -0.15) is 0 Å². The Morgan fingerprint density at radius 1 is 1.60 bits per heavy atom. The number of hydrogen-bond acceptors (Lipinski definition) is 3. The predicted molar refractivity (Wildman–Crippen MR) is 64.5 cm³/mol. The fraction of sp³-hybridized carbons (Fsp3) is 0.400. The molecule has 1 saturated heterocycles. The molecular formula is C10H11IN2O2. The van der Waals surface area contributed by atoms with E-state index >= 15 is 0 Å². The monoisotopic (exact) mass is 318 g/mol. The zero-order valence-corrected chi connectivity index (χ0v) is 10.2. The number of pyridine rings is 1. The van der Waals surface area contributed by atoms with Crippen LogP contribution in [-0.2, 0) is 9.53 Å². The normalized spacial score (nSPS) is 20.2. The standard InChI is InChI=1S/C10H11IN2O2/c11-8-1-2-9(12-5-8)13-10(14)7-3-4-15-6-7/h1-2,5,7H,3-4,6H2,(H,12,13,14). The average molecular weight is 318 g/mol. The third-order valence-corrected chi connectivity index (χ3v) is 2.92. The second-order valence-electron chi connectivity index (χ2n) is 3.41. The van der Waals surface area contributed by atoms with E-state index in [9.17, 15) is 4.79 Å². The minimum Gasteiger partial charge on any atom is -0.381 e. The van der Waals surface area contributed by atoms with Crippen molar-refractivity contribution in [2.24, 2.45) is 5.92 Å². The first kappa shape index (κ1) is 10.8.